The minimum atomic E-state index is -1.49. The number of hydrogen-bond donors (Lipinski definition) is 0. The molecule has 0 spiro atoms. The lowest BCUT2D eigenvalue weighted by atomic mass is 10.1. The number of ether oxygens (including phenoxy) is 1. The Balaban J connectivity index is 2.43. The summed E-state index contributed by atoms with van der Waals surface area (Å²) in [7, 11) is -1.49. The Kier molecular flexibility index (Phi) is 3.53. The van der Waals surface area contributed by atoms with Crippen LogP contribution in [-0.2, 0) is 9.53 Å². The van der Waals surface area contributed by atoms with Crippen LogP contribution in [0.3, 0.4) is 0 Å². The van der Waals surface area contributed by atoms with Gasteiger partial charge in [0.25, 0.3) is 0 Å². The van der Waals surface area contributed by atoms with Crippen LogP contribution in [0, 0.1) is 0 Å². The van der Waals surface area contributed by atoms with E-state index in [0.29, 0.717) is 0 Å². The van der Waals surface area contributed by atoms with Gasteiger partial charge in [-0.25, -0.2) is 0 Å². The second kappa shape index (κ2) is 4.15. The van der Waals surface area contributed by atoms with Crippen molar-refractivity contribution in [3.8, 4) is 0 Å². The molecule has 1 heterocycles. The minimum absolute atomic E-state index is 0.234. The molecule has 1 rings (SSSR count). The molecule has 82 valence electrons. The van der Waals surface area contributed by atoms with Gasteiger partial charge >= 0.3 is 0 Å². The van der Waals surface area contributed by atoms with Crippen LogP contribution in [0.25, 0.3) is 0 Å². The van der Waals surface area contributed by atoms with E-state index in [1.807, 2.05) is 0 Å². The van der Waals surface area contributed by atoms with Crippen molar-refractivity contribution in [1.82, 2.24) is 0 Å². The summed E-state index contributed by atoms with van der Waals surface area (Å²) in [5.41, 5.74) is 0. The van der Waals surface area contributed by atoms with Crippen LogP contribution in [0.15, 0.2) is 0 Å². The summed E-state index contributed by atoms with van der Waals surface area (Å²) < 4.78 is 5.66. The molecule has 1 fully saturated rings. The first-order valence-electron chi connectivity index (χ1n) is 5.62. The van der Waals surface area contributed by atoms with E-state index >= 15 is 0 Å². The highest BCUT2D eigenvalue weighted by atomic mass is 28.3. The lowest BCUT2D eigenvalue weighted by Crippen LogP contribution is -2.45. The summed E-state index contributed by atoms with van der Waals surface area (Å²) >= 11 is 0. The third-order valence-corrected chi connectivity index (χ3v) is 6.08. The molecule has 0 unspecified atom stereocenters. The Bertz CT molecular complexity index is 210. The van der Waals surface area contributed by atoms with E-state index in [1.165, 1.54) is 19.3 Å². The van der Waals surface area contributed by atoms with E-state index in [0.717, 1.165) is 12.7 Å². The molecule has 0 radical (unpaired) electrons. The number of carbonyl (C=O) groups excluding carboxylic acids is 1. The number of epoxide rings is 1. The molecular weight excluding hydrogens is 192 g/mol. The van der Waals surface area contributed by atoms with Gasteiger partial charge in [-0.1, -0.05) is 45.8 Å². The fraction of sp³-hybridized carbons (Fsp3) is 0.909. The highest BCUT2D eigenvalue weighted by molar-refractivity contribution is 6.82. The molecule has 2 nitrogen and oxygen atoms in total. The van der Waals surface area contributed by atoms with Crippen molar-refractivity contribution in [3.63, 3.8) is 0 Å². The molecule has 1 aliphatic rings. The van der Waals surface area contributed by atoms with Gasteiger partial charge in [-0.05, 0) is 6.42 Å². The summed E-state index contributed by atoms with van der Waals surface area (Å²) in [4.78, 5) is 11.1. The van der Waals surface area contributed by atoms with Crippen LogP contribution in [-0.4, -0.2) is 25.7 Å². The zero-order valence-electron chi connectivity index (χ0n) is 9.80. The van der Waals surface area contributed by atoms with Crippen molar-refractivity contribution in [1.29, 1.82) is 0 Å². The lowest BCUT2D eigenvalue weighted by Gasteiger charge is -2.20. The van der Waals surface area contributed by atoms with Crippen molar-refractivity contribution in [3.05, 3.63) is 0 Å². The van der Waals surface area contributed by atoms with Crippen LogP contribution in [0.1, 0.15) is 32.6 Å². The predicted molar refractivity (Wildman–Crippen MR) is 61.2 cm³/mol. The standard InChI is InChI=1S/C11H22O2Si/c1-5-6-7-8-10-11(9-12,13-10)14(2,3)4/h9-10H,5-8H2,1-4H3/t10-,11+/m0/s1. The Hall–Kier alpha value is -0.153. The maximum atomic E-state index is 11.1. The monoisotopic (exact) mass is 214 g/mol. The van der Waals surface area contributed by atoms with Crippen molar-refractivity contribution < 1.29 is 9.53 Å². The number of carbonyl (C=O) groups is 1. The summed E-state index contributed by atoms with van der Waals surface area (Å²) in [5, 5.41) is -0.346. The van der Waals surface area contributed by atoms with E-state index < -0.39 is 8.07 Å². The third kappa shape index (κ3) is 2.09. The Labute approximate surface area is 88.0 Å². The van der Waals surface area contributed by atoms with E-state index in [2.05, 4.69) is 26.6 Å². The van der Waals surface area contributed by atoms with E-state index in [4.69, 9.17) is 4.74 Å². The van der Waals surface area contributed by atoms with Crippen molar-refractivity contribution in [2.75, 3.05) is 0 Å². The molecule has 0 amide bonds. The molecule has 0 N–H and O–H groups in total. The van der Waals surface area contributed by atoms with Crippen LogP contribution in [0.2, 0.25) is 19.6 Å². The molecule has 0 bridgehead atoms. The summed E-state index contributed by atoms with van der Waals surface area (Å²) in [5.74, 6) is 0. The average Bonchev–Trinajstić information content (AvgIpc) is 2.79. The van der Waals surface area contributed by atoms with Crippen LogP contribution in [0.5, 0.6) is 0 Å². The zero-order valence-corrected chi connectivity index (χ0v) is 10.8. The maximum absolute atomic E-state index is 11.1. The van der Waals surface area contributed by atoms with Gasteiger partial charge in [0.15, 0.2) is 6.29 Å². The van der Waals surface area contributed by atoms with Crippen molar-refractivity contribution in [2.24, 2.45) is 0 Å². The van der Waals surface area contributed by atoms with Gasteiger partial charge < -0.3 is 9.53 Å². The fourth-order valence-corrected chi connectivity index (χ4v) is 3.95. The van der Waals surface area contributed by atoms with Crippen LogP contribution >= 0.6 is 0 Å². The van der Waals surface area contributed by atoms with Crippen LogP contribution < -0.4 is 0 Å². The fourth-order valence-electron chi connectivity index (χ4n) is 1.99. The molecule has 1 aliphatic heterocycles. The maximum Gasteiger partial charge on any atom is 0.151 e. The first-order chi connectivity index (χ1) is 6.48. The minimum Gasteiger partial charge on any atom is -0.362 e. The Morgan fingerprint density at radius 1 is 1.36 bits per heavy atom. The van der Waals surface area contributed by atoms with Gasteiger partial charge in [-0.3, -0.25) is 0 Å². The lowest BCUT2D eigenvalue weighted by molar-refractivity contribution is -0.110. The predicted octanol–water partition coefficient (Wildman–Crippen LogP) is 2.78. The third-order valence-electron chi connectivity index (χ3n) is 3.18. The van der Waals surface area contributed by atoms with Crippen LogP contribution in [0.4, 0.5) is 0 Å². The van der Waals surface area contributed by atoms with Gasteiger partial charge in [0, 0.05) is 0 Å². The summed E-state index contributed by atoms with van der Waals surface area (Å²) in [6.07, 6.45) is 6.04. The SMILES string of the molecule is CCCCC[C@@H]1O[C@]1(C=O)[Si](C)(C)C. The second-order valence-corrected chi connectivity index (χ2v) is 10.5. The number of rotatable bonds is 6. The molecule has 0 saturated carbocycles. The molecule has 0 aromatic rings. The second-order valence-electron chi connectivity index (χ2n) is 5.26. The van der Waals surface area contributed by atoms with Gasteiger partial charge in [0.05, 0.1) is 14.2 Å². The Morgan fingerprint density at radius 3 is 2.36 bits per heavy atom. The number of aldehydes is 1. The van der Waals surface area contributed by atoms with Crippen molar-refractivity contribution in [2.45, 2.75) is 63.6 Å². The number of unbranched alkanes of at least 4 members (excludes halogenated alkanes) is 2. The number of hydrogen-bond acceptors (Lipinski definition) is 2. The molecule has 3 heteroatoms. The largest absolute Gasteiger partial charge is 0.362 e. The van der Waals surface area contributed by atoms with E-state index in [-0.39, 0.29) is 11.3 Å². The topological polar surface area (TPSA) is 29.6 Å². The quantitative estimate of drug-likeness (QED) is 0.294. The normalized spacial score (nSPS) is 31.6. The summed E-state index contributed by atoms with van der Waals surface area (Å²) in [6, 6.07) is 0. The van der Waals surface area contributed by atoms with E-state index in [9.17, 15) is 4.79 Å². The molecule has 14 heavy (non-hydrogen) atoms. The first-order valence-corrected chi connectivity index (χ1v) is 9.12. The van der Waals surface area contributed by atoms with Gasteiger partial charge in [0.2, 0.25) is 0 Å². The van der Waals surface area contributed by atoms with Gasteiger partial charge in [0.1, 0.15) is 5.22 Å². The Morgan fingerprint density at radius 2 is 2.00 bits per heavy atom. The van der Waals surface area contributed by atoms with E-state index in [1.54, 1.807) is 0 Å². The highest BCUT2D eigenvalue weighted by Crippen LogP contribution is 2.45. The zero-order chi connectivity index (χ0) is 10.8. The average molecular weight is 214 g/mol. The molecule has 0 aliphatic carbocycles. The molecular formula is C11H22O2Si. The molecule has 0 aromatic heterocycles. The molecule has 0 aromatic carbocycles. The first kappa shape index (κ1) is 11.9. The smallest absolute Gasteiger partial charge is 0.151 e. The summed E-state index contributed by atoms with van der Waals surface area (Å²) in [6.45, 7) is 8.82. The molecule has 2 atom stereocenters. The highest BCUT2D eigenvalue weighted by Gasteiger charge is 2.63. The van der Waals surface area contributed by atoms with Crippen molar-refractivity contribution >= 4 is 14.4 Å². The van der Waals surface area contributed by atoms with Gasteiger partial charge in [-0.15, -0.1) is 0 Å². The molecule has 1 saturated heterocycles. The van der Waals surface area contributed by atoms with Gasteiger partial charge in [-0.2, -0.15) is 0 Å².